The number of hydrogen-bond donors (Lipinski definition) is 1. The molecule has 1 aliphatic heterocycles. The first-order chi connectivity index (χ1) is 7.79. The molecule has 0 aromatic heterocycles. The smallest absolute Gasteiger partial charge is 0.250 e. The van der Waals surface area contributed by atoms with Crippen molar-refractivity contribution in [2.24, 2.45) is 10.7 Å². The summed E-state index contributed by atoms with van der Waals surface area (Å²) in [6.07, 6.45) is 2.36. The monoisotopic (exact) mass is 245 g/mol. The zero-order valence-electron chi connectivity index (χ0n) is 10.5. The fraction of sp³-hybridized carbons (Fsp3) is 0.750. The normalized spacial score (nSPS) is 24.7. The lowest BCUT2D eigenvalue weighted by atomic mass is 9.94. The average molecular weight is 245 g/mol. The SMILES string of the molecule is C=C(N)N=CC(C)(CC)N1CCC(F)(F)CC1. The third kappa shape index (κ3) is 3.77. The van der Waals surface area contributed by atoms with Crippen molar-refractivity contribution < 1.29 is 8.78 Å². The third-order valence-electron chi connectivity index (χ3n) is 3.44. The summed E-state index contributed by atoms with van der Waals surface area (Å²) >= 11 is 0. The van der Waals surface area contributed by atoms with Crippen LogP contribution in [0.1, 0.15) is 33.1 Å². The predicted octanol–water partition coefficient (Wildman–Crippen LogP) is 2.39. The van der Waals surface area contributed by atoms with Crippen LogP contribution < -0.4 is 5.73 Å². The molecule has 5 heteroatoms. The lowest BCUT2D eigenvalue weighted by Crippen LogP contribution is -2.53. The van der Waals surface area contributed by atoms with E-state index in [0.717, 1.165) is 6.42 Å². The number of rotatable bonds is 4. The Morgan fingerprint density at radius 1 is 1.53 bits per heavy atom. The molecular weight excluding hydrogens is 224 g/mol. The Bertz CT molecular complexity index is 305. The largest absolute Gasteiger partial charge is 0.384 e. The van der Waals surface area contributed by atoms with Crippen LogP contribution in [0.3, 0.4) is 0 Å². The van der Waals surface area contributed by atoms with Gasteiger partial charge in [0, 0.05) is 32.1 Å². The van der Waals surface area contributed by atoms with Gasteiger partial charge in [0.25, 0.3) is 5.92 Å². The van der Waals surface area contributed by atoms with Crippen LogP contribution in [0.5, 0.6) is 0 Å². The Labute approximate surface area is 101 Å². The summed E-state index contributed by atoms with van der Waals surface area (Å²) in [4.78, 5) is 6.05. The number of likely N-dealkylation sites (tertiary alicyclic amines) is 1. The van der Waals surface area contributed by atoms with Crippen LogP contribution in [0.4, 0.5) is 8.78 Å². The molecule has 1 heterocycles. The second kappa shape index (κ2) is 5.12. The Morgan fingerprint density at radius 3 is 2.47 bits per heavy atom. The molecule has 0 aromatic rings. The first-order valence-electron chi connectivity index (χ1n) is 5.91. The van der Waals surface area contributed by atoms with Gasteiger partial charge in [-0.25, -0.2) is 13.8 Å². The quantitative estimate of drug-likeness (QED) is 0.773. The van der Waals surface area contributed by atoms with Crippen LogP contribution in [0.15, 0.2) is 17.4 Å². The zero-order chi connectivity index (χ0) is 13.1. The second-order valence-corrected chi connectivity index (χ2v) is 4.80. The molecule has 0 bridgehead atoms. The van der Waals surface area contributed by atoms with Crippen LogP contribution in [-0.4, -0.2) is 35.7 Å². The highest BCUT2D eigenvalue weighted by Gasteiger charge is 2.39. The number of nitrogens with two attached hydrogens (primary N) is 1. The summed E-state index contributed by atoms with van der Waals surface area (Å²) in [7, 11) is 0. The lowest BCUT2D eigenvalue weighted by molar-refractivity contribution is -0.0673. The predicted molar refractivity (Wildman–Crippen MR) is 66.3 cm³/mol. The van der Waals surface area contributed by atoms with E-state index in [1.54, 1.807) is 6.21 Å². The minimum absolute atomic E-state index is 0.0833. The standard InChI is InChI=1S/C12H21F2N3/c1-4-11(3,9-16-10(2)15)17-7-5-12(13,14)6-8-17/h9H,2,4-8,15H2,1,3H3. The lowest BCUT2D eigenvalue weighted by Gasteiger charge is -2.42. The fourth-order valence-corrected chi connectivity index (χ4v) is 1.96. The molecule has 1 aliphatic rings. The second-order valence-electron chi connectivity index (χ2n) is 4.80. The van der Waals surface area contributed by atoms with Gasteiger partial charge in [-0.3, -0.25) is 4.90 Å². The molecule has 17 heavy (non-hydrogen) atoms. The van der Waals surface area contributed by atoms with Crippen molar-refractivity contribution in [2.75, 3.05) is 13.1 Å². The summed E-state index contributed by atoms with van der Waals surface area (Å²) in [6.45, 7) is 8.28. The van der Waals surface area contributed by atoms with E-state index in [1.165, 1.54) is 0 Å². The average Bonchev–Trinajstić information content (AvgIpc) is 2.26. The highest BCUT2D eigenvalue weighted by molar-refractivity contribution is 5.70. The molecule has 0 saturated carbocycles. The minimum atomic E-state index is -2.51. The Hall–Kier alpha value is -0.970. The number of aliphatic imine (C=N–C) groups is 1. The highest BCUT2D eigenvalue weighted by Crippen LogP contribution is 2.31. The maximum Gasteiger partial charge on any atom is 0.250 e. The van der Waals surface area contributed by atoms with E-state index in [0.29, 0.717) is 13.1 Å². The van der Waals surface area contributed by atoms with Crippen molar-refractivity contribution in [1.82, 2.24) is 4.90 Å². The summed E-state index contributed by atoms with van der Waals surface area (Å²) in [5, 5.41) is 0. The number of nitrogens with zero attached hydrogens (tertiary/aromatic N) is 2. The van der Waals surface area contributed by atoms with E-state index in [2.05, 4.69) is 11.6 Å². The van der Waals surface area contributed by atoms with E-state index in [9.17, 15) is 8.78 Å². The van der Waals surface area contributed by atoms with Gasteiger partial charge < -0.3 is 5.73 Å². The molecule has 1 saturated heterocycles. The van der Waals surface area contributed by atoms with Gasteiger partial charge in [0.05, 0.1) is 5.54 Å². The summed E-state index contributed by atoms with van der Waals surface area (Å²) in [5.41, 5.74) is 5.08. The first kappa shape index (κ1) is 14.1. The van der Waals surface area contributed by atoms with E-state index in [1.807, 2.05) is 18.7 Å². The first-order valence-corrected chi connectivity index (χ1v) is 5.91. The van der Waals surface area contributed by atoms with Gasteiger partial charge in [-0.15, -0.1) is 0 Å². The van der Waals surface area contributed by atoms with Crippen LogP contribution in [0.2, 0.25) is 0 Å². The maximum absolute atomic E-state index is 13.1. The van der Waals surface area contributed by atoms with Crippen molar-refractivity contribution >= 4 is 6.21 Å². The number of piperidine rings is 1. The molecule has 1 atom stereocenters. The van der Waals surface area contributed by atoms with E-state index in [-0.39, 0.29) is 24.2 Å². The molecule has 0 aromatic carbocycles. The Morgan fingerprint density at radius 2 is 2.06 bits per heavy atom. The molecular formula is C12H21F2N3. The van der Waals surface area contributed by atoms with E-state index < -0.39 is 5.92 Å². The van der Waals surface area contributed by atoms with Gasteiger partial charge >= 0.3 is 0 Å². The molecule has 1 unspecified atom stereocenters. The van der Waals surface area contributed by atoms with Gasteiger partial charge in [-0.1, -0.05) is 13.5 Å². The summed E-state index contributed by atoms with van der Waals surface area (Å²) in [5.74, 6) is -2.27. The van der Waals surface area contributed by atoms with Crippen molar-refractivity contribution in [1.29, 1.82) is 0 Å². The highest BCUT2D eigenvalue weighted by atomic mass is 19.3. The van der Waals surface area contributed by atoms with Gasteiger partial charge in [0.2, 0.25) is 0 Å². The van der Waals surface area contributed by atoms with Gasteiger partial charge in [0.15, 0.2) is 0 Å². The molecule has 3 nitrogen and oxygen atoms in total. The van der Waals surface area contributed by atoms with Gasteiger partial charge in [-0.2, -0.15) is 0 Å². The van der Waals surface area contributed by atoms with Gasteiger partial charge in [-0.05, 0) is 13.3 Å². The molecule has 0 amide bonds. The molecule has 0 radical (unpaired) electrons. The van der Waals surface area contributed by atoms with Crippen molar-refractivity contribution in [3.05, 3.63) is 12.4 Å². The van der Waals surface area contributed by atoms with E-state index in [4.69, 9.17) is 5.73 Å². The van der Waals surface area contributed by atoms with Crippen LogP contribution in [-0.2, 0) is 0 Å². The van der Waals surface area contributed by atoms with Crippen molar-refractivity contribution in [3.8, 4) is 0 Å². The molecule has 98 valence electrons. The van der Waals surface area contributed by atoms with Crippen LogP contribution in [0, 0.1) is 0 Å². The molecule has 0 aliphatic carbocycles. The van der Waals surface area contributed by atoms with Crippen LogP contribution >= 0.6 is 0 Å². The minimum Gasteiger partial charge on any atom is -0.384 e. The summed E-state index contributed by atoms with van der Waals surface area (Å²) < 4.78 is 26.2. The zero-order valence-corrected chi connectivity index (χ0v) is 10.5. The summed E-state index contributed by atoms with van der Waals surface area (Å²) in [6, 6.07) is 0. The topological polar surface area (TPSA) is 41.6 Å². The fourth-order valence-electron chi connectivity index (χ4n) is 1.96. The number of alkyl halides is 2. The maximum atomic E-state index is 13.1. The Kier molecular flexibility index (Phi) is 4.25. The van der Waals surface area contributed by atoms with Crippen molar-refractivity contribution in [3.63, 3.8) is 0 Å². The number of hydrogen-bond acceptors (Lipinski definition) is 3. The Balaban J connectivity index is 2.71. The third-order valence-corrected chi connectivity index (χ3v) is 3.44. The molecule has 0 spiro atoms. The molecule has 2 N–H and O–H groups in total. The molecule has 1 rings (SSSR count). The van der Waals surface area contributed by atoms with E-state index >= 15 is 0 Å². The van der Waals surface area contributed by atoms with Gasteiger partial charge in [0.1, 0.15) is 5.82 Å². The van der Waals surface area contributed by atoms with Crippen LogP contribution in [0.25, 0.3) is 0 Å². The molecule has 1 fully saturated rings. The van der Waals surface area contributed by atoms with Crippen molar-refractivity contribution in [2.45, 2.75) is 44.6 Å². The number of halogens is 2.